The summed E-state index contributed by atoms with van der Waals surface area (Å²) in [6, 6.07) is -0.902. The molecule has 5 nitrogen and oxygen atoms in total. The molecule has 0 spiro atoms. The number of fused-ring (bicyclic) bond motifs is 7. The monoisotopic (exact) mass is 541 g/mol. The summed E-state index contributed by atoms with van der Waals surface area (Å²) in [6.07, 6.45) is 2.88. The Balaban J connectivity index is 1.57. The second kappa shape index (κ2) is 9.20. The lowest BCUT2D eigenvalue weighted by Gasteiger charge is -2.63. The highest BCUT2D eigenvalue weighted by molar-refractivity contribution is 8.13. The van der Waals surface area contributed by atoms with Crippen LogP contribution in [0.4, 0.5) is 13.2 Å². The molecule has 0 aromatic heterocycles. The Labute approximate surface area is 221 Å². The topological polar surface area (TPSA) is 66.8 Å². The molecule has 3 saturated carbocycles. The highest BCUT2D eigenvalue weighted by atomic mass is 32.2. The summed E-state index contributed by atoms with van der Waals surface area (Å²) in [5.74, 6) is -1.67. The predicted octanol–water partition coefficient (Wildman–Crippen LogP) is 5.14. The second-order valence-corrected chi connectivity index (χ2v) is 13.1. The van der Waals surface area contributed by atoms with E-state index >= 15 is 8.78 Å². The van der Waals surface area contributed by atoms with Gasteiger partial charge < -0.3 is 5.11 Å². The van der Waals surface area contributed by atoms with Gasteiger partial charge in [-0.15, -0.1) is 0 Å². The first-order chi connectivity index (χ1) is 17.4. The molecule has 1 heterocycles. The average Bonchev–Trinajstić information content (AvgIpc) is 3.33. The molecule has 1 saturated heterocycles. The van der Waals surface area contributed by atoms with Crippen molar-refractivity contribution in [3.63, 3.8) is 0 Å². The minimum atomic E-state index is -2.21. The fourth-order valence-electron chi connectivity index (χ4n) is 8.76. The minimum absolute atomic E-state index is 0.0693. The summed E-state index contributed by atoms with van der Waals surface area (Å²) in [5, 5.41) is 12.9. The molecule has 5 rings (SSSR count). The molecule has 4 aliphatic carbocycles. The van der Waals surface area contributed by atoms with Crippen LogP contribution in [-0.4, -0.2) is 63.7 Å². The number of hydrogen-bond acceptors (Lipinski definition) is 6. The van der Waals surface area contributed by atoms with Gasteiger partial charge in [-0.2, -0.15) is 5.06 Å². The molecule has 5 aliphatic rings. The van der Waals surface area contributed by atoms with Crippen molar-refractivity contribution in [1.29, 1.82) is 0 Å². The number of thioether (sulfide) groups is 1. The molecule has 4 fully saturated rings. The van der Waals surface area contributed by atoms with Crippen LogP contribution in [0.3, 0.4) is 0 Å². The van der Waals surface area contributed by atoms with Crippen molar-refractivity contribution in [3.05, 3.63) is 23.8 Å². The smallest absolute Gasteiger partial charge is 0.226 e. The van der Waals surface area contributed by atoms with Crippen LogP contribution < -0.4 is 0 Å². The standard InChI is InChI=1S/C28H38F3NO4S/c1-5-16(6-2)13-32-14-17-9-19-20-11-22(30)21-10-18(33)7-8-25(21,3)27(20,31)23(34)12-26(19,4)28(17,36-32)24(35)37-15-29/h7-8,10,16-17,19-20,22-23,34H,5-6,9,11-15H2,1-4H3/t17-,19?,20-,22-,23-,25-,26-,27-,28-/m0/s1. The fraction of sp³-hybridized carbons (Fsp3) is 0.786. The third kappa shape index (κ3) is 3.48. The quantitative estimate of drug-likeness (QED) is 0.502. The fourth-order valence-corrected chi connectivity index (χ4v) is 9.51. The van der Waals surface area contributed by atoms with Gasteiger partial charge in [-0.3, -0.25) is 14.4 Å². The number of ketones is 1. The molecular weight excluding hydrogens is 503 g/mol. The first-order valence-corrected chi connectivity index (χ1v) is 14.5. The lowest BCUT2D eigenvalue weighted by Crippen LogP contribution is -2.70. The molecule has 0 radical (unpaired) electrons. The van der Waals surface area contributed by atoms with E-state index in [0.29, 0.717) is 37.2 Å². The van der Waals surface area contributed by atoms with E-state index in [1.54, 1.807) is 6.92 Å². The van der Waals surface area contributed by atoms with Gasteiger partial charge in [0.1, 0.15) is 12.2 Å². The number of aliphatic hydroxyl groups excluding tert-OH is 1. The van der Waals surface area contributed by atoms with Crippen LogP contribution in [0.15, 0.2) is 23.8 Å². The van der Waals surface area contributed by atoms with Gasteiger partial charge >= 0.3 is 0 Å². The Morgan fingerprint density at radius 2 is 1.97 bits per heavy atom. The molecule has 0 aromatic carbocycles. The third-order valence-electron chi connectivity index (χ3n) is 10.8. The molecule has 37 heavy (non-hydrogen) atoms. The van der Waals surface area contributed by atoms with E-state index in [0.717, 1.165) is 12.8 Å². The Kier molecular flexibility index (Phi) is 6.82. The number of hydrogen-bond donors (Lipinski definition) is 1. The van der Waals surface area contributed by atoms with Crippen LogP contribution >= 0.6 is 11.8 Å². The Bertz CT molecular complexity index is 1030. The molecule has 1 N–H and O–H groups in total. The lowest BCUT2D eigenvalue weighted by atomic mass is 9.44. The van der Waals surface area contributed by atoms with E-state index in [2.05, 4.69) is 13.8 Å². The second-order valence-electron chi connectivity index (χ2n) is 12.2. The molecule has 1 unspecified atom stereocenters. The summed E-state index contributed by atoms with van der Waals surface area (Å²) in [6.45, 7) is 8.71. The molecule has 1 aliphatic heterocycles. The van der Waals surface area contributed by atoms with Gasteiger partial charge in [0.15, 0.2) is 17.1 Å². The number of rotatable bonds is 6. The molecule has 9 atom stereocenters. The molecule has 0 bridgehead atoms. The Morgan fingerprint density at radius 1 is 1.27 bits per heavy atom. The largest absolute Gasteiger partial charge is 0.390 e. The zero-order chi connectivity index (χ0) is 27.0. The summed E-state index contributed by atoms with van der Waals surface area (Å²) in [7, 11) is 0. The first kappa shape index (κ1) is 27.4. The third-order valence-corrected chi connectivity index (χ3v) is 11.5. The number of nitrogens with zero attached hydrogens (tertiary/aromatic N) is 1. The lowest BCUT2D eigenvalue weighted by molar-refractivity contribution is -0.265. The number of aliphatic hydroxyl groups is 1. The van der Waals surface area contributed by atoms with E-state index in [-0.39, 0.29) is 30.1 Å². The van der Waals surface area contributed by atoms with Gasteiger partial charge in [0.25, 0.3) is 0 Å². The van der Waals surface area contributed by atoms with Gasteiger partial charge in [0.2, 0.25) is 5.12 Å². The van der Waals surface area contributed by atoms with Gasteiger partial charge in [-0.05, 0) is 55.7 Å². The summed E-state index contributed by atoms with van der Waals surface area (Å²) >= 11 is 0.566. The zero-order valence-corrected chi connectivity index (χ0v) is 22.8. The number of halogens is 3. The summed E-state index contributed by atoms with van der Waals surface area (Å²) in [4.78, 5) is 32.2. The molecule has 9 heteroatoms. The maximum absolute atomic E-state index is 17.4. The van der Waals surface area contributed by atoms with Gasteiger partial charge in [0, 0.05) is 35.8 Å². The van der Waals surface area contributed by atoms with Crippen LogP contribution in [0.1, 0.15) is 59.8 Å². The number of allylic oxidation sites excluding steroid dienone is 4. The Morgan fingerprint density at radius 3 is 2.62 bits per heavy atom. The van der Waals surface area contributed by atoms with Crippen molar-refractivity contribution < 1.29 is 32.7 Å². The van der Waals surface area contributed by atoms with Crippen molar-refractivity contribution >= 4 is 22.7 Å². The van der Waals surface area contributed by atoms with Crippen molar-refractivity contribution in [3.8, 4) is 0 Å². The maximum atomic E-state index is 17.4. The summed E-state index contributed by atoms with van der Waals surface area (Å²) in [5.41, 5.74) is -6.04. The van der Waals surface area contributed by atoms with Gasteiger partial charge in [-0.25, -0.2) is 13.2 Å². The van der Waals surface area contributed by atoms with E-state index in [1.807, 2.05) is 12.0 Å². The normalized spacial score (nSPS) is 46.9. The van der Waals surface area contributed by atoms with E-state index < -0.39 is 57.3 Å². The van der Waals surface area contributed by atoms with E-state index in [9.17, 15) is 19.1 Å². The SMILES string of the molecule is CCC(CC)CN1C[C@@H]2CC3[C@@H]4C[C@H](F)C5=CC(=O)C=C[C@]5(C)[C@@]4(F)[C@@H](O)C[C@]3(C)[C@]2(C(=O)SCF)O1. The Hall–Kier alpha value is -1.16. The molecule has 0 amide bonds. The van der Waals surface area contributed by atoms with Gasteiger partial charge in [0.05, 0.1) is 6.10 Å². The summed E-state index contributed by atoms with van der Waals surface area (Å²) < 4.78 is 46.6. The predicted molar refractivity (Wildman–Crippen MR) is 136 cm³/mol. The van der Waals surface area contributed by atoms with Crippen LogP contribution in [0.5, 0.6) is 0 Å². The van der Waals surface area contributed by atoms with Gasteiger partial charge in [-0.1, -0.05) is 51.5 Å². The highest BCUT2D eigenvalue weighted by Crippen LogP contribution is 2.73. The van der Waals surface area contributed by atoms with Crippen molar-refractivity contribution in [2.75, 3.05) is 19.1 Å². The van der Waals surface area contributed by atoms with E-state index in [1.165, 1.54) is 18.2 Å². The number of carbonyl (C=O) groups excluding carboxylic acids is 2. The molecule has 206 valence electrons. The maximum Gasteiger partial charge on any atom is 0.226 e. The van der Waals surface area contributed by atoms with E-state index in [4.69, 9.17) is 4.84 Å². The number of alkyl halides is 3. The van der Waals surface area contributed by atoms with Crippen molar-refractivity contribution in [1.82, 2.24) is 5.06 Å². The average molecular weight is 542 g/mol. The van der Waals surface area contributed by atoms with Crippen LogP contribution in [0, 0.1) is 34.5 Å². The molecule has 0 aromatic rings. The number of hydroxylamine groups is 2. The van der Waals surface area contributed by atoms with Crippen LogP contribution in [0.25, 0.3) is 0 Å². The highest BCUT2D eigenvalue weighted by Gasteiger charge is 2.79. The first-order valence-electron chi connectivity index (χ1n) is 13.6. The number of carbonyl (C=O) groups is 2. The van der Waals surface area contributed by atoms with Crippen molar-refractivity contribution in [2.24, 2.45) is 34.5 Å². The minimum Gasteiger partial charge on any atom is -0.390 e. The van der Waals surface area contributed by atoms with Crippen LogP contribution in [0.2, 0.25) is 0 Å². The zero-order valence-electron chi connectivity index (χ0n) is 22.0. The van der Waals surface area contributed by atoms with Crippen molar-refractivity contribution in [2.45, 2.75) is 83.3 Å². The molecular formula is C28H38F3NO4S. The van der Waals surface area contributed by atoms with Crippen LogP contribution in [-0.2, 0) is 14.4 Å².